The van der Waals surface area contributed by atoms with Gasteiger partial charge in [0.25, 0.3) is 5.91 Å². The molecule has 3 amide bonds. The highest BCUT2D eigenvalue weighted by atomic mass is 16.5. The van der Waals surface area contributed by atoms with Crippen molar-refractivity contribution in [1.29, 1.82) is 0 Å². The molecule has 0 atom stereocenters. The molecule has 0 radical (unpaired) electrons. The summed E-state index contributed by atoms with van der Waals surface area (Å²) in [6.07, 6.45) is 1.76. The van der Waals surface area contributed by atoms with E-state index in [-0.39, 0.29) is 36.9 Å². The molecule has 0 bridgehead atoms. The molecule has 1 saturated carbocycles. The molecular formula is C22H25N3O4. The number of aryl methyl sites for hydroxylation is 1. The number of rotatable bonds is 8. The number of carbonyl (C=O) groups excluding carboxylic acids is 3. The van der Waals surface area contributed by atoms with E-state index in [1.54, 1.807) is 48.4 Å². The van der Waals surface area contributed by atoms with Crippen LogP contribution in [0, 0.1) is 6.92 Å². The first kappa shape index (κ1) is 20.4. The van der Waals surface area contributed by atoms with Crippen molar-refractivity contribution in [2.24, 2.45) is 0 Å². The molecule has 2 aromatic carbocycles. The number of hydrogen-bond donors (Lipinski definition) is 2. The molecule has 152 valence electrons. The van der Waals surface area contributed by atoms with Gasteiger partial charge in [-0.2, -0.15) is 0 Å². The smallest absolute Gasteiger partial charge is 0.254 e. The van der Waals surface area contributed by atoms with Gasteiger partial charge in [-0.1, -0.05) is 17.7 Å². The van der Waals surface area contributed by atoms with Crippen LogP contribution in [0.4, 0.5) is 5.69 Å². The fourth-order valence-corrected chi connectivity index (χ4v) is 2.88. The third-order valence-corrected chi connectivity index (χ3v) is 4.68. The lowest BCUT2D eigenvalue weighted by Crippen LogP contribution is -2.43. The van der Waals surface area contributed by atoms with Gasteiger partial charge in [0.2, 0.25) is 11.8 Å². The van der Waals surface area contributed by atoms with E-state index in [1.807, 2.05) is 19.1 Å². The maximum Gasteiger partial charge on any atom is 0.254 e. The molecule has 0 spiro atoms. The summed E-state index contributed by atoms with van der Waals surface area (Å²) in [5.41, 5.74) is 2.27. The zero-order valence-corrected chi connectivity index (χ0v) is 16.6. The van der Waals surface area contributed by atoms with Gasteiger partial charge in [0.1, 0.15) is 12.3 Å². The van der Waals surface area contributed by atoms with Crippen LogP contribution < -0.4 is 15.4 Å². The average Bonchev–Trinajstić information content (AvgIpc) is 3.57. The van der Waals surface area contributed by atoms with Crippen LogP contribution in [0.5, 0.6) is 5.75 Å². The molecule has 0 aromatic heterocycles. The summed E-state index contributed by atoms with van der Waals surface area (Å²) in [5, 5.41) is 5.31. The van der Waals surface area contributed by atoms with Crippen molar-refractivity contribution in [1.82, 2.24) is 10.2 Å². The quantitative estimate of drug-likeness (QED) is 0.718. The van der Waals surface area contributed by atoms with Gasteiger partial charge in [-0.15, -0.1) is 0 Å². The third kappa shape index (κ3) is 5.81. The Morgan fingerprint density at radius 2 is 1.66 bits per heavy atom. The number of anilines is 1. The Kier molecular flexibility index (Phi) is 6.49. The Morgan fingerprint density at radius 3 is 2.24 bits per heavy atom. The van der Waals surface area contributed by atoms with Crippen molar-refractivity contribution in [2.45, 2.75) is 25.8 Å². The van der Waals surface area contributed by atoms with E-state index in [0.29, 0.717) is 17.0 Å². The molecule has 0 aliphatic heterocycles. The molecule has 7 nitrogen and oxygen atoms in total. The molecule has 1 fully saturated rings. The summed E-state index contributed by atoms with van der Waals surface area (Å²) in [7, 11) is 1.56. The lowest BCUT2D eigenvalue weighted by atomic mass is 10.2. The van der Waals surface area contributed by atoms with Crippen molar-refractivity contribution in [3.05, 3.63) is 59.7 Å². The Labute approximate surface area is 170 Å². The number of hydrogen-bond acceptors (Lipinski definition) is 4. The topological polar surface area (TPSA) is 87.7 Å². The minimum Gasteiger partial charge on any atom is -0.497 e. The van der Waals surface area contributed by atoms with Crippen molar-refractivity contribution < 1.29 is 19.1 Å². The molecule has 29 heavy (non-hydrogen) atoms. The molecule has 7 heteroatoms. The third-order valence-electron chi connectivity index (χ3n) is 4.68. The number of carbonyl (C=O) groups is 3. The van der Waals surface area contributed by atoms with Gasteiger partial charge in [-0.25, -0.2) is 0 Å². The normalized spacial score (nSPS) is 12.8. The number of benzene rings is 2. The fourth-order valence-electron chi connectivity index (χ4n) is 2.88. The lowest BCUT2D eigenvalue weighted by Gasteiger charge is -2.22. The van der Waals surface area contributed by atoms with E-state index in [2.05, 4.69) is 10.6 Å². The Morgan fingerprint density at radius 1 is 1.00 bits per heavy atom. The van der Waals surface area contributed by atoms with Crippen molar-refractivity contribution in [3.8, 4) is 5.75 Å². The Hall–Kier alpha value is -3.35. The number of methoxy groups -OCH3 is 1. The van der Waals surface area contributed by atoms with E-state index in [9.17, 15) is 14.4 Å². The number of ether oxygens (including phenoxy) is 1. The molecule has 2 N–H and O–H groups in total. The van der Waals surface area contributed by atoms with Crippen LogP contribution in [0.2, 0.25) is 0 Å². The van der Waals surface area contributed by atoms with E-state index in [0.717, 1.165) is 18.4 Å². The van der Waals surface area contributed by atoms with Crippen LogP contribution in [-0.4, -0.2) is 48.9 Å². The molecule has 1 aliphatic rings. The maximum absolute atomic E-state index is 12.8. The Bertz CT molecular complexity index is 874. The second-order valence-corrected chi connectivity index (χ2v) is 7.08. The number of nitrogens with zero attached hydrogens (tertiary/aromatic N) is 1. The predicted molar refractivity (Wildman–Crippen MR) is 110 cm³/mol. The zero-order valence-electron chi connectivity index (χ0n) is 16.6. The van der Waals surface area contributed by atoms with Crippen LogP contribution >= 0.6 is 0 Å². The minimum absolute atomic E-state index is 0.0664. The van der Waals surface area contributed by atoms with E-state index >= 15 is 0 Å². The van der Waals surface area contributed by atoms with Crippen molar-refractivity contribution in [2.75, 3.05) is 25.5 Å². The summed E-state index contributed by atoms with van der Waals surface area (Å²) < 4.78 is 5.11. The highest BCUT2D eigenvalue weighted by molar-refractivity contribution is 5.98. The van der Waals surface area contributed by atoms with Crippen LogP contribution in [0.1, 0.15) is 28.8 Å². The second kappa shape index (κ2) is 9.23. The highest BCUT2D eigenvalue weighted by Crippen LogP contribution is 2.28. The van der Waals surface area contributed by atoms with E-state index in [1.165, 1.54) is 0 Å². The molecule has 3 rings (SSSR count). The van der Waals surface area contributed by atoms with E-state index in [4.69, 9.17) is 4.74 Å². The molecule has 0 saturated heterocycles. The minimum atomic E-state index is -0.363. The van der Waals surface area contributed by atoms with Crippen molar-refractivity contribution >= 4 is 23.4 Å². The van der Waals surface area contributed by atoms with E-state index < -0.39 is 0 Å². The molecule has 1 aliphatic carbocycles. The van der Waals surface area contributed by atoms with Gasteiger partial charge >= 0.3 is 0 Å². The fraction of sp³-hybridized carbons (Fsp3) is 0.318. The molecule has 0 unspecified atom stereocenters. The Balaban J connectivity index is 1.52. The van der Waals surface area contributed by atoms with Crippen LogP contribution in [0.15, 0.2) is 48.5 Å². The molecule has 2 aromatic rings. The van der Waals surface area contributed by atoms with Gasteiger partial charge in [0.05, 0.1) is 13.7 Å². The van der Waals surface area contributed by atoms with Crippen molar-refractivity contribution in [3.63, 3.8) is 0 Å². The summed E-state index contributed by atoms with van der Waals surface area (Å²) in [5.74, 6) is -0.217. The highest BCUT2D eigenvalue weighted by Gasteiger charge is 2.34. The average molecular weight is 395 g/mol. The van der Waals surface area contributed by atoms with Crippen LogP contribution in [-0.2, 0) is 9.59 Å². The SMILES string of the molecule is COc1ccc(C(=O)N(CC(=O)NCC(=O)Nc2ccc(C)cc2)C2CC2)cc1. The maximum atomic E-state index is 12.8. The summed E-state index contributed by atoms with van der Waals surface area (Å²) >= 11 is 0. The largest absolute Gasteiger partial charge is 0.497 e. The summed E-state index contributed by atoms with van der Waals surface area (Å²) in [6.45, 7) is 1.74. The molecule has 0 heterocycles. The van der Waals surface area contributed by atoms with Gasteiger partial charge in [0.15, 0.2) is 0 Å². The second-order valence-electron chi connectivity index (χ2n) is 7.08. The standard InChI is InChI=1S/C22H25N3O4/c1-15-3-7-17(8-4-15)24-20(26)13-23-21(27)14-25(18-9-10-18)22(28)16-5-11-19(29-2)12-6-16/h3-8,11-12,18H,9-10,13-14H2,1-2H3,(H,23,27)(H,24,26). The van der Waals surface area contributed by atoms with Gasteiger partial charge < -0.3 is 20.3 Å². The zero-order chi connectivity index (χ0) is 20.8. The van der Waals surface area contributed by atoms with Gasteiger partial charge in [0, 0.05) is 17.3 Å². The number of nitrogens with one attached hydrogen (secondary N) is 2. The summed E-state index contributed by atoms with van der Waals surface area (Å²) in [4.78, 5) is 38.7. The lowest BCUT2D eigenvalue weighted by molar-refractivity contribution is -0.124. The van der Waals surface area contributed by atoms with Crippen LogP contribution in [0.3, 0.4) is 0 Å². The van der Waals surface area contributed by atoms with Gasteiger partial charge in [-0.05, 0) is 56.2 Å². The molecular weight excluding hydrogens is 370 g/mol. The first-order chi connectivity index (χ1) is 14.0. The summed E-state index contributed by atoms with van der Waals surface area (Å²) in [6, 6.07) is 14.3. The first-order valence-electron chi connectivity index (χ1n) is 9.54. The predicted octanol–water partition coefficient (Wildman–Crippen LogP) is 2.36. The monoisotopic (exact) mass is 395 g/mol. The number of amides is 3. The first-order valence-corrected chi connectivity index (χ1v) is 9.54. The van der Waals surface area contributed by atoms with Gasteiger partial charge in [-0.3, -0.25) is 14.4 Å². The van der Waals surface area contributed by atoms with Crippen LogP contribution in [0.25, 0.3) is 0 Å².